The van der Waals surface area contributed by atoms with Gasteiger partial charge < -0.3 is 18.6 Å². The Bertz CT molecular complexity index is 652. The zero-order valence-electron chi connectivity index (χ0n) is 12.3. The number of rotatable bonds is 3. The van der Waals surface area contributed by atoms with Crippen LogP contribution in [0.4, 0.5) is 0 Å². The minimum atomic E-state index is -0.0629. The molecule has 2 aliphatic rings. The van der Waals surface area contributed by atoms with Crippen molar-refractivity contribution in [2.75, 3.05) is 13.1 Å². The van der Waals surface area contributed by atoms with Gasteiger partial charge in [0.1, 0.15) is 0 Å². The Hall–Kier alpha value is -2.15. The Morgan fingerprint density at radius 2 is 2.36 bits per heavy atom. The van der Waals surface area contributed by atoms with Crippen molar-refractivity contribution in [2.45, 2.75) is 32.0 Å². The number of carbonyl (C=O) groups excluding carboxylic acids is 1. The lowest BCUT2D eigenvalue weighted by Crippen LogP contribution is -2.31. The van der Waals surface area contributed by atoms with Crippen molar-refractivity contribution in [1.82, 2.24) is 15.0 Å². The van der Waals surface area contributed by atoms with E-state index in [4.69, 9.17) is 13.7 Å². The van der Waals surface area contributed by atoms with E-state index in [0.29, 0.717) is 42.9 Å². The number of fused-ring (bicyclic) bond motifs is 1. The topological polar surface area (TPSA) is 81.6 Å². The first-order valence-electron chi connectivity index (χ1n) is 7.46. The van der Waals surface area contributed by atoms with E-state index < -0.39 is 0 Å². The number of ether oxygens (including phenoxy) is 1. The third-order valence-electron chi connectivity index (χ3n) is 4.30. The molecule has 0 spiro atoms. The summed E-state index contributed by atoms with van der Waals surface area (Å²) < 4.78 is 16.4. The number of carbonyl (C=O) groups is 1. The van der Waals surface area contributed by atoms with Crippen molar-refractivity contribution in [3.05, 3.63) is 35.9 Å². The Morgan fingerprint density at radius 3 is 3.05 bits per heavy atom. The van der Waals surface area contributed by atoms with Gasteiger partial charge in [0, 0.05) is 19.0 Å². The smallest absolute Gasteiger partial charge is 0.289 e. The fourth-order valence-electron chi connectivity index (χ4n) is 3.33. The Kier molecular flexibility index (Phi) is 3.22. The fourth-order valence-corrected chi connectivity index (χ4v) is 3.33. The molecule has 116 valence electrons. The first kappa shape index (κ1) is 13.5. The molecular formula is C15H17N3O4. The third-order valence-corrected chi connectivity index (χ3v) is 4.30. The van der Waals surface area contributed by atoms with Gasteiger partial charge in [-0.1, -0.05) is 5.16 Å². The van der Waals surface area contributed by atoms with Gasteiger partial charge in [0.15, 0.2) is 11.6 Å². The Balaban J connectivity index is 1.35. The molecule has 2 aromatic rings. The molecule has 0 radical (unpaired) electrons. The standard InChI is InChI=1S/C15H17N3O4/c1-9-16-14(22-17-9)6-11-5-10-7-18(8-13(10)21-11)15(19)12-3-2-4-20-12/h2-4,10-11,13H,5-8H2,1H3/t10-,11+,13+/m1/s1. The van der Waals surface area contributed by atoms with Gasteiger partial charge in [-0.2, -0.15) is 4.98 Å². The van der Waals surface area contributed by atoms with Gasteiger partial charge >= 0.3 is 0 Å². The SMILES string of the molecule is Cc1noc(C[C@@H]2C[C@@H]3CN(C(=O)c4ccco4)C[C@@H]3O2)n1. The van der Waals surface area contributed by atoms with E-state index in [1.807, 2.05) is 0 Å². The molecule has 0 N–H and O–H groups in total. The number of nitrogens with zero attached hydrogens (tertiary/aromatic N) is 3. The molecule has 7 nitrogen and oxygen atoms in total. The van der Waals surface area contributed by atoms with Crippen molar-refractivity contribution >= 4 is 5.91 Å². The van der Waals surface area contributed by atoms with E-state index in [9.17, 15) is 4.79 Å². The van der Waals surface area contributed by atoms with Crippen molar-refractivity contribution in [2.24, 2.45) is 5.92 Å². The Labute approximate surface area is 127 Å². The van der Waals surface area contributed by atoms with Crippen molar-refractivity contribution in [3.8, 4) is 0 Å². The van der Waals surface area contributed by atoms with Gasteiger partial charge in [-0.15, -0.1) is 0 Å². The number of amides is 1. The maximum atomic E-state index is 12.3. The van der Waals surface area contributed by atoms with E-state index in [0.717, 1.165) is 6.42 Å². The molecule has 2 aliphatic heterocycles. The molecule has 0 bridgehead atoms. The number of furan rings is 1. The maximum absolute atomic E-state index is 12.3. The van der Waals surface area contributed by atoms with E-state index in [1.54, 1.807) is 24.0 Å². The summed E-state index contributed by atoms with van der Waals surface area (Å²) in [5.74, 6) is 1.95. The van der Waals surface area contributed by atoms with Crippen LogP contribution in [0.5, 0.6) is 0 Å². The van der Waals surface area contributed by atoms with Crippen LogP contribution in [0.2, 0.25) is 0 Å². The lowest BCUT2D eigenvalue weighted by Gasteiger charge is -2.17. The maximum Gasteiger partial charge on any atom is 0.289 e. The van der Waals surface area contributed by atoms with Gasteiger partial charge in [-0.05, 0) is 25.5 Å². The summed E-state index contributed by atoms with van der Waals surface area (Å²) in [6, 6.07) is 3.42. The summed E-state index contributed by atoms with van der Waals surface area (Å²) in [5, 5.41) is 3.79. The summed E-state index contributed by atoms with van der Waals surface area (Å²) in [5.41, 5.74) is 0. The number of aromatic nitrogens is 2. The van der Waals surface area contributed by atoms with Crippen molar-refractivity contribution in [1.29, 1.82) is 0 Å². The summed E-state index contributed by atoms with van der Waals surface area (Å²) in [4.78, 5) is 18.3. The fraction of sp³-hybridized carbons (Fsp3) is 0.533. The second-order valence-electron chi connectivity index (χ2n) is 5.92. The van der Waals surface area contributed by atoms with E-state index in [-0.39, 0.29) is 18.1 Å². The molecule has 3 atom stereocenters. The number of aryl methyl sites for hydroxylation is 1. The van der Waals surface area contributed by atoms with Gasteiger partial charge in [-0.25, -0.2) is 0 Å². The number of hydrogen-bond donors (Lipinski definition) is 0. The van der Waals surface area contributed by atoms with Gasteiger partial charge in [0.05, 0.1) is 24.9 Å². The van der Waals surface area contributed by atoms with Crippen LogP contribution in [0.3, 0.4) is 0 Å². The molecule has 2 fully saturated rings. The highest BCUT2D eigenvalue weighted by Gasteiger charge is 2.44. The molecule has 0 aromatic carbocycles. The van der Waals surface area contributed by atoms with Gasteiger partial charge in [0.25, 0.3) is 5.91 Å². The van der Waals surface area contributed by atoms with Gasteiger partial charge in [0.2, 0.25) is 5.89 Å². The molecule has 7 heteroatoms. The zero-order chi connectivity index (χ0) is 15.1. The summed E-state index contributed by atoms with van der Waals surface area (Å²) in [7, 11) is 0. The summed E-state index contributed by atoms with van der Waals surface area (Å²) >= 11 is 0. The van der Waals surface area contributed by atoms with Crippen LogP contribution < -0.4 is 0 Å². The molecule has 0 saturated carbocycles. The second-order valence-corrected chi connectivity index (χ2v) is 5.92. The van der Waals surface area contributed by atoms with Crippen LogP contribution in [-0.4, -0.2) is 46.2 Å². The quantitative estimate of drug-likeness (QED) is 0.853. The van der Waals surface area contributed by atoms with E-state index in [1.165, 1.54) is 6.26 Å². The molecule has 4 heterocycles. The minimum absolute atomic E-state index is 0.0629. The van der Waals surface area contributed by atoms with Gasteiger partial charge in [-0.3, -0.25) is 4.79 Å². The predicted octanol–water partition coefficient (Wildman–Crippen LogP) is 1.44. The number of hydrogen-bond acceptors (Lipinski definition) is 6. The van der Waals surface area contributed by atoms with E-state index in [2.05, 4.69) is 10.1 Å². The first-order chi connectivity index (χ1) is 10.7. The van der Waals surface area contributed by atoms with Crippen LogP contribution >= 0.6 is 0 Å². The lowest BCUT2D eigenvalue weighted by atomic mass is 10.0. The summed E-state index contributed by atoms with van der Waals surface area (Å²) in [6.45, 7) is 3.13. The third kappa shape index (κ3) is 2.41. The van der Waals surface area contributed by atoms with Crippen LogP contribution in [0.15, 0.2) is 27.3 Å². The molecule has 0 unspecified atom stereocenters. The number of likely N-dealkylation sites (tertiary alicyclic amines) is 1. The van der Waals surface area contributed by atoms with Crippen LogP contribution in [-0.2, 0) is 11.2 Å². The van der Waals surface area contributed by atoms with E-state index >= 15 is 0 Å². The largest absolute Gasteiger partial charge is 0.459 e. The molecule has 4 rings (SSSR count). The first-order valence-corrected chi connectivity index (χ1v) is 7.46. The second kappa shape index (κ2) is 5.24. The van der Waals surface area contributed by atoms with Crippen LogP contribution in [0, 0.1) is 12.8 Å². The molecule has 2 saturated heterocycles. The molecule has 0 aliphatic carbocycles. The normalized spacial score (nSPS) is 27.3. The molecule has 2 aromatic heterocycles. The minimum Gasteiger partial charge on any atom is -0.459 e. The van der Waals surface area contributed by atoms with Crippen molar-refractivity contribution < 1.29 is 18.5 Å². The Morgan fingerprint density at radius 1 is 1.45 bits per heavy atom. The van der Waals surface area contributed by atoms with Crippen LogP contribution in [0.25, 0.3) is 0 Å². The zero-order valence-corrected chi connectivity index (χ0v) is 12.3. The highest BCUT2D eigenvalue weighted by molar-refractivity contribution is 5.91. The monoisotopic (exact) mass is 303 g/mol. The molecular weight excluding hydrogens is 286 g/mol. The predicted molar refractivity (Wildman–Crippen MR) is 74.1 cm³/mol. The average Bonchev–Trinajstić information content (AvgIpc) is 3.21. The average molecular weight is 303 g/mol. The molecule has 22 heavy (non-hydrogen) atoms. The molecule has 1 amide bonds. The highest BCUT2D eigenvalue weighted by Crippen LogP contribution is 2.34. The van der Waals surface area contributed by atoms with Crippen LogP contribution in [0.1, 0.15) is 28.7 Å². The van der Waals surface area contributed by atoms with Crippen molar-refractivity contribution in [3.63, 3.8) is 0 Å². The summed E-state index contributed by atoms with van der Waals surface area (Å²) in [6.07, 6.45) is 3.25. The highest BCUT2D eigenvalue weighted by atomic mass is 16.5. The lowest BCUT2D eigenvalue weighted by molar-refractivity contribution is 0.0324.